The number of aromatic nitrogens is 2. The number of sulfonamides is 1. The van der Waals surface area contributed by atoms with Crippen LogP contribution in [0.15, 0.2) is 42.6 Å². The number of alkyl halides is 1. The first-order valence-electron chi connectivity index (χ1n) is 8.27. The average Bonchev–Trinajstić information content (AvgIpc) is 2.67. The number of nitrogens with zero attached hydrogens (tertiary/aromatic N) is 4. The van der Waals surface area contributed by atoms with E-state index in [9.17, 15) is 12.8 Å². The second-order valence-electron chi connectivity index (χ2n) is 5.85. The highest BCUT2D eigenvalue weighted by molar-refractivity contribution is 7.89. The summed E-state index contributed by atoms with van der Waals surface area (Å²) in [5.74, 6) is 1.31. The molecule has 1 aromatic heterocycles. The number of rotatable bonds is 6. The number of halogens is 1. The lowest BCUT2D eigenvalue weighted by Gasteiger charge is -2.34. The minimum Gasteiger partial charge on any atom is -0.354 e. The number of anilines is 1. The van der Waals surface area contributed by atoms with Gasteiger partial charge < -0.3 is 4.90 Å². The highest BCUT2D eigenvalue weighted by atomic mass is 32.2. The zero-order valence-electron chi connectivity index (χ0n) is 13.9. The van der Waals surface area contributed by atoms with Crippen LogP contribution in [-0.4, -0.2) is 61.3 Å². The molecule has 0 aliphatic carbocycles. The molecule has 0 spiro atoms. The van der Waals surface area contributed by atoms with Crippen LogP contribution in [0.3, 0.4) is 0 Å². The van der Waals surface area contributed by atoms with Gasteiger partial charge in [0, 0.05) is 37.9 Å². The fourth-order valence-electron chi connectivity index (χ4n) is 2.81. The van der Waals surface area contributed by atoms with Crippen molar-refractivity contribution in [3.8, 4) is 11.4 Å². The van der Waals surface area contributed by atoms with Gasteiger partial charge in [-0.3, -0.25) is 4.39 Å². The quantitative estimate of drug-likeness (QED) is 0.784. The van der Waals surface area contributed by atoms with Gasteiger partial charge in [-0.25, -0.2) is 18.4 Å². The van der Waals surface area contributed by atoms with Gasteiger partial charge in [0.05, 0.1) is 12.4 Å². The Morgan fingerprint density at radius 2 is 1.76 bits per heavy atom. The van der Waals surface area contributed by atoms with E-state index in [1.807, 2.05) is 36.4 Å². The van der Waals surface area contributed by atoms with Crippen molar-refractivity contribution >= 4 is 15.8 Å². The van der Waals surface area contributed by atoms with Crippen LogP contribution in [0.5, 0.6) is 0 Å². The smallest absolute Gasteiger partial charge is 0.214 e. The van der Waals surface area contributed by atoms with E-state index < -0.39 is 16.7 Å². The molecular formula is C17H21FN4O2S. The Morgan fingerprint density at radius 1 is 1.04 bits per heavy atom. The fourth-order valence-corrected chi connectivity index (χ4v) is 4.26. The van der Waals surface area contributed by atoms with E-state index in [1.165, 1.54) is 4.31 Å². The predicted octanol–water partition coefficient (Wildman–Crippen LogP) is 1.95. The van der Waals surface area contributed by atoms with Crippen LogP contribution in [0.2, 0.25) is 0 Å². The second-order valence-corrected chi connectivity index (χ2v) is 7.94. The largest absolute Gasteiger partial charge is 0.354 e. The zero-order chi connectivity index (χ0) is 17.7. The molecular weight excluding hydrogens is 343 g/mol. The molecule has 0 unspecified atom stereocenters. The lowest BCUT2D eigenvalue weighted by molar-refractivity contribution is 0.381. The third kappa shape index (κ3) is 4.32. The van der Waals surface area contributed by atoms with Gasteiger partial charge in [0.2, 0.25) is 10.0 Å². The molecule has 8 heteroatoms. The van der Waals surface area contributed by atoms with Crippen LogP contribution in [0.4, 0.5) is 10.2 Å². The number of benzene rings is 1. The van der Waals surface area contributed by atoms with Crippen LogP contribution in [0.1, 0.15) is 6.42 Å². The molecule has 1 fully saturated rings. The average molecular weight is 364 g/mol. The summed E-state index contributed by atoms with van der Waals surface area (Å²) in [4.78, 5) is 11.0. The highest BCUT2D eigenvalue weighted by Gasteiger charge is 2.27. The Labute approximate surface area is 147 Å². The molecule has 0 saturated carbocycles. The Balaban J connectivity index is 1.67. The van der Waals surface area contributed by atoms with Gasteiger partial charge in [0.25, 0.3) is 0 Å². The maximum absolute atomic E-state index is 12.2. The van der Waals surface area contributed by atoms with Crippen molar-refractivity contribution in [1.82, 2.24) is 14.3 Å². The van der Waals surface area contributed by atoms with Crippen molar-refractivity contribution in [2.75, 3.05) is 43.5 Å². The van der Waals surface area contributed by atoms with Gasteiger partial charge in [0.15, 0.2) is 5.82 Å². The molecule has 6 nitrogen and oxygen atoms in total. The Bertz CT molecular complexity index is 793. The molecule has 2 heterocycles. The van der Waals surface area contributed by atoms with Crippen molar-refractivity contribution in [1.29, 1.82) is 0 Å². The molecule has 0 atom stereocenters. The van der Waals surface area contributed by atoms with Gasteiger partial charge in [-0.15, -0.1) is 0 Å². The third-order valence-electron chi connectivity index (χ3n) is 4.16. The second kappa shape index (κ2) is 7.88. The lowest BCUT2D eigenvalue weighted by Crippen LogP contribution is -2.49. The number of hydrogen-bond donors (Lipinski definition) is 0. The number of piperazine rings is 1. The minimum atomic E-state index is -3.37. The first-order chi connectivity index (χ1) is 12.1. The minimum absolute atomic E-state index is 0.0505. The summed E-state index contributed by atoms with van der Waals surface area (Å²) in [6.45, 7) is 1.28. The van der Waals surface area contributed by atoms with Crippen LogP contribution in [0, 0.1) is 0 Å². The topological polar surface area (TPSA) is 66.4 Å². The molecule has 0 amide bonds. The Hall–Kier alpha value is -2.06. The van der Waals surface area contributed by atoms with E-state index in [4.69, 9.17) is 0 Å². The van der Waals surface area contributed by atoms with Crippen molar-refractivity contribution in [3.05, 3.63) is 42.6 Å². The van der Waals surface area contributed by atoms with E-state index in [0.29, 0.717) is 32.0 Å². The Morgan fingerprint density at radius 3 is 2.44 bits per heavy atom. The molecule has 134 valence electrons. The fraction of sp³-hybridized carbons (Fsp3) is 0.412. The van der Waals surface area contributed by atoms with E-state index in [0.717, 1.165) is 11.4 Å². The predicted molar refractivity (Wildman–Crippen MR) is 95.6 cm³/mol. The summed E-state index contributed by atoms with van der Waals surface area (Å²) >= 11 is 0. The molecule has 25 heavy (non-hydrogen) atoms. The summed E-state index contributed by atoms with van der Waals surface area (Å²) in [5.41, 5.74) is 0.941. The van der Waals surface area contributed by atoms with Crippen LogP contribution < -0.4 is 4.90 Å². The van der Waals surface area contributed by atoms with E-state index in [2.05, 4.69) is 14.9 Å². The van der Waals surface area contributed by atoms with Crippen LogP contribution in [-0.2, 0) is 10.0 Å². The van der Waals surface area contributed by atoms with Crippen molar-refractivity contribution in [2.24, 2.45) is 0 Å². The van der Waals surface area contributed by atoms with Crippen molar-refractivity contribution < 1.29 is 12.8 Å². The molecule has 2 aromatic rings. The maximum atomic E-state index is 12.2. The highest BCUT2D eigenvalue weighted by Crippen LogP contribution is 2.20. The van der Waals surface area contributed by atoms with Gasteiger partial charge in [-0.2, -0.15) is 4.31 Å². The van der Waals surface area contributed by atoms with E-state index >= 15 is 0 Å². The summed E-state index contributed by atoms with van der Waals surface area (Å²) in [5, 5.41) is 0. The van der Waals surface area contributed by atoms with E-state index in [-0.39, 0.29) is 12.2 Å². The van der Waals surface area contributed by atoms with Gasteiger partial charge >= 0.3 is 0 Å². The van der Waals surface area contributed by atoms with Gasteiger partial charge in [-0.1, -0.05) is 30.3 Å². The molecule has 1 aromatic carbocycles. The molecule has 0 N–H and O–H groups in total. The molecule has 1 aliphatic heterocycles. The SMILES string of the molecule is O=S(=O)(CCCF)N1CCN(c2ccnc(-c3ccccc3)n2)CC1. The standard InChI is InChI=1S/C17H21FN4O2S/c18-8-4-14-25(23,24)22-12-10-21(11-13-22)16-7-9-19-17(20-16)15-5-2-1-3-6-15/h1-3,5-7,9H,4,8,10-14H2. The summed E-state index contributed by atoms with van der Waals surface area (Å²) in [7, 11) is -3.37. The molecule has 1 aliphatic rings. The van der Waals surface area contributed by atoms with Crippen LogP contribution in [0.25, 0.3) is 11.4 Å². The first kappa shape index (κ1) is 17.8. The zero-order valence-corrected chi connectivity index (χ0v) is 14.7. The maximum Gasteiger partial charge on any atom is 0.214 e. The molecule has 1 saturated heterocycles. The van der Waals surface area contributed by atoms with Crippen molar-refractivity contribution in [3.63, 3.8) is 0 Å². The summed E-state index contributed by atoms with van der Waals surface area (Å²) in [6, 6.07) is 11.6. The van der Waals surface area contributed by atoms with Crippen LogP contribution >= 0.6 is 0 Å². The summed E-state index contributed by atoms with van der Waals surface area (Å²) in [6.07, 6.45) is 1.77. The monoisotopic (exact) mass is 364 g/mol. The van der Waals surface area contributed by atoms with Gasteiger partial charge in [-0.05, 0) is 12.5 Å². The third-order valence-corrected chi connectivity index (χ3v) is 6.12. The lowest BCUT2D eigenvalue weighted by atomic mass is 10.2. The molecule has 0 radical (unpaired) electrons. The Kier molecular flexibility index (Phi) is 5.60. The first-order valence-corrected chi connectivity index (χ1v) is 9.88. The molecule has 0 bridgehead atoms. The molecule has 3 rings (SSSR count). The van der Waals surface area contributed by atoms with Gasteiger partial charge in [0.1, 0.15) is 5.82 Å². The van der Waals surface area contributed by atoms with E-state index in [1.54, 1.807) is 6.20 Å². The van der Waals surface area contributed by atoms with Crippen molar-refractivity contribution in [2.45, 2.75) is 6.42 Å². The normalized spacial score (nSPS) is 16.1. The summed E-state index contributed by atoms with van der Waals surface area (Å²) < 4.78 is 38.0. The number of hydrogen-bond acceptors (Lipinski definition) is 5.